The Kier molecular flexibility index (Phi) is 3.90. The summed E-state index contributed by atoms with van der Waals surface area (Å²) in [7, 11) is 2.14. The summed E-state index contributed by atoms with van der Waals surface area (Å²) in [6.07, 6.45) is 3.06. The fourth-order valence-electron chi connectivity index (χ4n) is 1.40. The van der Waals surface area contributed by atoms with Crippen molar-refractivity contribution in [2.45, 2.75) is 26.8 Å². The second kappa shape index (κ2) is 4.97. The SMILES string of the molecule is CCCN(C)Cc1ncccc1C. The fourth-order valence-corrected chi connectivity index (χ4v) is 1.40. The molecule has 1 aromatic heterocycles. The standard InChI is InChI=1S/C11H18N2/c1-4-8-13(3)9-11-10(2)6-5-7-12-11/h5-7H,4,8-9H2,1-3H3. The lowest BCUT2D eigenvalue weighted by Gasteiger charge is -2.15. The van der Waals surface area contributed by atoms with E-state index in [-0.39, 0.29) is 0 Å². The molecule has 1 rings (SSSR count). The predicted octanol–water partition coefficient (Wildman–Crippen LogP) is 2.23. The second-order valence-electron chi connectivity index (χ2n) is 3.50. The highest BCUT2D eigenvalue weighted by atomic mass is 15.1. The van der Waals surface area contributed by atoms with E-state index in [1.807, 2.05) is 12.3 Å². The average Bonchev–Trinajstić information content (AvgIpc) is 2.09. The van der Waals surface area contributed by atoms with Gasteiger partial charge in [0.15, 0.2) is 0 Å². The molecule has 0 aliphatic rings. The molecule has 0 saturated heterocycles. The molecule has 2 heteroatoms. The van der Waals surface area contributed by atoms with Gasteiger partial charge >= 0.3 is 0 Å². The van der Waals surface area contributed by atoms with Gasteiger partial charge in [-0.25, -0.2) is 0 Å². The van der Waals surface area contributed by atoms with Gasteiger partial charge < -0.3 is 4.90 Å². The van der Waals surface area contributed by atoms with Crippen molar-refractivity contribution in [1.82, 2.24) is 9.88 Å². The number of nitrogens with zero attached hydrogens (tertiary/aromatic N) is 2. The van der Waals surface area contributed by atoms with Crippen molar-refractivity contribution in [2.75, 3.05) is 13.6 Å². The molecule has 0 unspecified atom stereocenters. The van der Waals surface area contributed by atoms with E-state index < -0.39 is 0 Å². The first-order valence-electron chi connectivity index (χ1n) is 4.83. The van der Waals surface area contributed by atoms with Gasteiger partial charge in [-0.2, -0.15) is 0 Å². The third-order valence-electron chi connectivity index (χ3n) is 2.14. The quantitative estimate of drug-likeness (QED) is 0.703. The molecular formula is C11H18N2. The van der Waals surface area contributed by atoms with E-state index >= 15 is 0 Å². The second-order valence-corrected chi connectivity index (χ2v) is 3.50. The Morgan fingerprint density at radius 2 is 2.23 bits per heavy atom. The molecule has 0 aliphatic carbocycles. The van der Waals surface area contributed by atoms with Crippen LogP contribution < -0.4 is 0 Å². The molecule has 0 aliphatic heterocycles. The van der Waals surface area contributed by atoms with E-state index in [1.54, 1.807) is 0 Å². The van der Waals surface area contributed by atoms with Crippen LogP contribution in [0.2, 0.25) is 0 Å². The molecule has 13 heavy (non-hydrogen) atoms. The Morgan fingerprint density at radius 3 is 2.85 bits per heavy atom. The summed E-state index contributed by atoms with van der Waals surface area (Å²) in [4.78, 5) is 6.66. The van der Waals surface area contributed by atoms with E-state index in [9.17, 15) is 0 Å². The zero-order valence-electron chi connectivity index (χ0n) is 8.75. The molecule has 0 atom stereocenters. The van der Waals surface area contributed by atoms with Crippen LogP contribution in [0.25, 0.3) is 0 Å². The number of pyridine rings is 1. The summed E-state index contributed by atoms with van der Waals surface area (Å²) < 4.78 is 0. The van der Waals surface area contributed by atoms with Gasteiger partial charge in [-0.3, -0.25) is 4.98 Å². The lowest BCUT2D eigenvalue weighted by Crippen LogP contribution is -2.19. The number of aryl methyl sites for hydroxylation is 1. The Bertz CT molecular complexity index is 258. The van der Waals surface area contributed by atoms with Crippen molar-refractivity contribution in [1.29, 1.82) is 0 Å². The van der Waals surface area contributed by atoms with Crippen LogP contribution in [0.4, 0.5) is 0 Å². The van der Waals surface area contributed by atoms with Crippen molar-refractivity contribution in [3.05, 3.63) is 29.6 Å². The topological polar surface area (TPSA) is 16.1 Å². The smallest absolute Gasteiger partial charge is 0.0572 e. The molecular weight excluding hydrogens is 160 g/mol. The molecule has 0 aromatic carbocycles. The normalized spacial score (nSPS) is 10.8. The third-order valence-corrected chi connectivity index (χ3v) is 2.14. The predicted molar refractivity (Wildman–Crippen MR) is 55.6 cm³/mol. The molecule has 0 N–H and O–H groups in total. The van der Waals surface area contributed by atoms with Gasteiger partial charge in [0.2, 0.25) is 0 Å². The molecule has 0 bridgehead atoms. The summed E-state index contributed by atoms with van der Waals surface area (Å²) >= 11 is 0. The molecule has 0 fully saturated rings. The monoisotopic (exact) mass is 178 g/mol. The van der Waals surface area contributed by atoms with Gasteiger partial charge in [0.1, 0.15) is 0 Å². The Hall–Kier alpha value is -0.890. The molecule has 2 nitrogen and oxygen atoms in total. The Labute approximate surface area is 80.6 Å². The largest absolute Gasteiger partial charge is 0.301 e. The summed E-state index contributed by atoms with van der Waals surface area (Å²) in [6, 6.07) is 4.10. The van der Waals surface area contributed by atoms with Crippen molar-refractivity contribution in [3.8, 4) is 0 Å². The summed E-state index contributed by atoms with van der Waals surface area (Å²) in [5.74, 6) is 0. The summed E-state index contributed by atoms with van der Waals surface area (Å²) in [5, 5.41) is 0. The molecule has 0 spiro atoms. The first-order valence-corrected chi connectivity index (χ1v) is 4.83. The number of rotatable bonds is 4. The zero-order chi connectivity index (χ0) is 9.68. The van der Waals surface area contributed by atoms with E-state index in [0.29, 0.717) is 0 Å². The highest BCUT2D eigenvalue weighted by Gasteiger charge is 2.01. The Balaban J connectivity index is 2.58. The highest BCUT2D eigenvalue weighted by Crippen LogP contribution is 2.05. The van der Waals surface area contributed by atoms with Crippen LogP contribution in [0.15, 0.2) is 18.3 Å². The van der Waals surface area contributed by atoms with Crippen LogP contribution in [0.3, 0.4) is 0 Å². The molecule has 1 heterocycles. The lowest BCUT2D eigenvalue weighted by atomic mass is 10.2. The first kappa shape index (κ1) is 10.2. The fraction of sp³-hybridized carbons (Fsp3) is 0.545. The molecule has 0 saturated carbocycles. The summed E-state index contributed by atoms with van der Waals surface area (Å²) in [6.45, 7) is 6.40. The van der Waals surface area contributed by atoms with Crippen LogP contribution in [0.1, 0.15) is 24.6 Å². The van der Waals surface area contributed by atoms with Crippen LogP contribution in [0, 0.1) is 6.92 Å². The maximum atomic E-state index is 4.36. The van der Waals surface area contributed by atoms with Crippen molar-refractivity contribution >= 4 is 0 Å². The number of hydrogen-bond acceptors (Lipinski definition) is 2. The summed E-state index contributed by atoms with van der Waals surface area (Å²) in [5.41, 5.74) is 2.48. The van der Waals surface area contributed by atoms with Crippen LogP contribution in [0.5, 0.6) is 0 Å². The number of aromatic nitrogens is 1. The van der Waals surface area contributed by atoms with Crippen molar-refractivity contribution < 1.29 is 0 Å². The van der Waals surface area contributed by atoms with Crippen molar-refractivity contribution in [2.24, 2.45) is 0 Å². The Morgan fingerprint density at radius 1 is 1.46 bits per heavy atom. The van der Waals surface area contributed by atoms with Gasteiger partial charge in [0.25, 0.3) is 0 Å². The van der Waals surface area contributed by atoms with Gasteiger partial charge in [0, 0.05) is 12.7 Å². The lowest BCUT2D eigenvalue weighted by molar-refractivity contribution is 0.323. The van der Waals surface area contributed by atoms with Gasteiger partial charge in [-0.05, 0) is 38.6 Å². The molecule has 0 amide bonds. The van der Waals surface area contributed by atoms with Gasteiger partial charge in [-0.15, -0.1) is 0 Å². The average molecular weight is 178 g/mol. The maximum absolute atomic E-state index is 4.36. The molecule has 0 radical (unpaired) electrons. The van der Waals surface area contributed by atoms with Crippen molar-refractivity contribution in [3.63, 3.8) is 0 Å². The van der Waals surface area contributed by atoms with E-state index in [2.05, 4.69) is 36.8 Å². The minimum Gasteiger partial charge on any atom is -0.301 e. The van der Waals surface area contributed by atoms with Crippen LogP contribution in [-0.2, 0) is 6.54 Å². The maximum Gasteiger partial charge on any atom is 0.0572 e. The van der Waals surface area contributed by atoms with E-state index in [4.69, 9.17) is 0 Å². The molecule has 72 valence electrons. The zero-order valence-corrected chi connectivity index (χ0v) is 8.75. The highest BCUT2D eigenvalue weighted by molar-refractivity contribution is 5.17. The third kappa shape index (κ3) is 3.15. The van der Waals surface area contributed by atoms with Crippen LogP contribution >= 0.6 is 0 Å². The first-order chi connectivity index (χ1) is 6.24. The molecule has 1 aromatic rings. The minimum absolute atomic E-state index is 0.959. The minimum atomic E-state index is 0.959. The van der Waals surface area contributed by atoms with E-state index in [1.165, 1.54) is 17.7 Å². The number of hydrogen-bond donors (Lipinski definition) is 0. The van der Waals surface area contributed by atoms with E-state index in [0.717, 1.165) is 13.1 Å². The van der Waals surface area contributed by atoms with Gasteiger partial charge in [-0.1, -0.05) is 13.0 Å². The van der Waals surface area contributed by atoms with Gasteiger partial charge in [0.05, 0.1) is 5.69 Å². The van der Waals surface area contributed by atoms with Crippen LogP contribution in [-0.4, -0.2) is 23.5 Å².